The molecule has 1 aromatic rings. The Morgan fingerprint density at radius 1 is 1.30 bits per heavy atom. The van der Waals surface area contributed by atoms with E-state index in [1.165, 1.54) is 18.9 Å². The average molecular weight is 277 g/mol. The molecule has 1 saturated carbocycles. The van der Waals surface area contributed by atoms with Crippen molar-refractivity contribution in [2.45, 2.75) is 38.1 Å². The Kier molecular flexibility index (Phi) is 3.74. The molecule has 0 unspecified atom stereocenters. The van der Waals surface area contributed by atoms with Crippen LogP contribution in [0.15, 0.2) is 18.2 Å². The van der Waals surface area contributed by atoms with E-state index in [9.17, 15) is 9.18 Å². The molecule has 2 fully saturated rings. The Bertz CT molecular complexity index is 505. The van der Waals surface area contributed by atoms with Crippen LogP contribution in [-0.4, -0.2) is 29.1 Å². The number of carboxylic acids is 1. The average Bonchev–Trinajstić information content (AvgIpc) is 2.83. The van der Waals surface area contributed by atoms with Crippen molar-refractivity contribution < 1.29 is 14.3 Å². The third-order valence-corrected chi connectivity index (χ3v) is 4.66. The van der Waals surface area contributed by atoms with Crippen molar-refractivity contribution >= 4 is 5.97 Å². The minimum atomic E-state index is -0.723. The SMILES string of the molecule is O=C(O)C1CC(c2cccc(F)c2CN2CCCC2)C1. The number of hydrogen-bond donors (Lipinski definition) is 1. The van der Waals surface area contributed by atoms with Gasteiger partial charge in [0.1, 0.15) is 5.82 Å². The molecule has 0 spiro atoms. The monoisotopic (exact) mass is 277 g/mol. The van der Waals surface area contributed by atoms with E-state index >= 15 is 0 Å². The van der Waals surface area contributed by atoms with E-state index in [2.05, 4.69) is 4.90 Å². The summed E-state index contributed by atoms with van der Waals surface area (Å²) in [6.45, 7) is 2.74. The molecule has 0 radical (unpaired) electrons. The molecule has 0 bridgehead atoms. The molecule has 3 nitrogen and oxygen atoms in total. The lowest BCUT2D eigenvalue weighted by Crippen LogP contribution is -2.30. The molecule has 108 valence electrons. The smallest absolute Gasteiger partial charge is 0.306 e. The Morgan fingerprint density at radius 3 is 2.65 bits per heavy atom. The van der Waals surface area contributed by atoms with E-state index < -0.39 is 5.97 Å². The van der Waals surface area contributed by atoms with Crippen molar-refractivity contribution in [1.29, 1.82) is 0 Å². The van der Waals surface area contributed by atoms with Crippen molar-refractivity contribution in [3.8, 4) is 0 Å². The van der Waals surface area contributed by atoms with Crippen LogP contribution in [0.5, 0.6) is 0 Å². The maximum absolute atomic E-state index is 14.1. The lowest BCUT2D eigenvalue weighted by atomic mass is 9.70. The summed E-state index contributed by atoms with van der Waals surface area (Å²) in [5.74, 6) is -0.903. The van der Waals surface area contributed by atoms with E-state index in [0.29, 0.717) is 19.4 Å². The number of aliphatic carboxylic acids is 1. The minimum Gasteiger partial charge on any atom is -0.481 e. The van der Waals surface area contributed by atoms with E-state index in [0.717, 1.165) is 24.2 Å². The van der Waals surface area contributed by atoms with Gasteiger partial charge in [-0.3, -0.25) is 9.69 Å². The van der Waals surface area contributed by atoms with Crippen LogP contribution < -0.4 is 0 Å². The Labute approximate surface area is 118 Å². The summed E-state index contributed by atoms with van der Waals surface area (Å²) in [6, 6.07) is 5.23. The second kappa shape index (κ2) is 5.52. The molecule has 0 aromatic heterocycles. The standard InChI is InChI=1S/C16H20FNO2/c17-15-5-3-4-13(11-8-12(9-11)16(19)20)14(15)10-18-6-1-2-7-18/h3-5,11-12H,1-2,6-10H2,(H,19,20). The zero-order valence-electron chi connectivity index (χ0n) is 11.5. The van der Waals surface area contributed by atoms with Gasteiger partial charge in [0.25, 0.3) is 0 Å². The van der Waals surface area contributed by atoms with Crippen LogP contribution in [0, 0.1) is 11.7 Å². The lowest BCUT2D eigenvalue weighted by Gasteiger charge is -2.34. The van der Waals surface area contributed by atoms with Gasteiger partial charge in [0, 0.05) is 12.1 Å². The molecule has 4 heteroatoms. The predicted octanol–water partition coefficient (Wildman–Crippen LogP) is 3.00. The van der Waals surface area contributed by atoms with Gasteiger partial charge in [-0.15, -0.1) is 0 Å². The first-order valence-corrected chi connectivity index (χ1v) is 7.37. The first-order chi connectivity index (χ1) is 9.65. The first-order valence-electron chi connectivity index (χ1n) is 7.37. The fourth-order valence-electron chi connectivity index (χ4n) is 3.36. The van der Waals surface area contributed by atoms with Gasteiger partial charge in [0.2, 0.25) is 0 Å². The molecule has 2 aliphatic rings. The highest BCUT2D eigenvalue weighted by atomic mass is 19.1. The van der Waals surface area contributed by atoms with Crippen LogP contribution in [-0.2, 0) is 11.3 Å². The summed E-state index contributed by atoms with van der Waals surface area (Å²) in [5, 5.41) is 8.97. The molecule has 1 saturated heterocycles. The van der Waals surface area contributed by atoms with Crippen molar-refractivity contribution in [2.24, 2.45) is 5.92 Å². The number of carbonyl (C=O) groups is 1. The summed E-state index contributed by atoms with van der Waals surface area (Å²) in [6.07, 6.45) is 3.67. The maximum atomic E-state index is 14.1. The summed E-state index contributed by atoms with van der Waals surface area (Å²) in [5.41, 5.74) is 1.80. The second-order valence-corrected chi connectivity index (χ2v) is 5.99. The largest absolute Gasteiger partial charge is 0.481 e. The van der Waals surface area contributed by atoms with Crippen LogP contribution >= 0.6 is 0 Å². The summed E-state index contributed by atoms with van der Waals surface area (Å²) in [4.78, 5) is 13.2. The van der Waals surface area contributed by atoms with Gasteiger partial charge >= 0.3 is 5.97 Å². The van der Waals surface area contributed by atoms with Gasteiger partial charge in [0.05, 0.1) is 5.92 Å². The van der Waals surface area contributed by atoms with Crippen LogP contribution in [0.3, 0.4) is 0 Å². The van der Waals surface area contributed by atoms with Gasteiger partial charge in [-0.25, -0.2) is 4.39 Å². The maximum Gasteiger partial charge on any atom is 0.306 e. The fraction of sp³-hybridized carbons (Fsp3) is 0.562. The third-order valence-electron chi connectivity index (χ3n) is 4.66. The number of likely N-dealkylation sites (tertiary alicyclic amines) is 1. The number of carboxylic acid groups (broad SMARTS) is 1. The molecule has 0 atom stereocenters. The number of nitrogens with zero attached hydrogens (tertiary/aromatic N) is 1. The highest BCUT2D eigenvalue weighted by Crippen LogP contribution is 2.43. The van der Waals surface area contributed by atoms with Gasteiger partial charge in [-0.05, 0) is 56.3 Å². The Morgan fingerprint density at radius 2 is 2.00 bits per heavy atom. The topological polar surface area (TPSA) is 40.5 Å². The highest BCUT2D eigenvalue weighted by Gasteiger charge is 2.36. The molecule has 0 amide bonds. The number of halogens is 1. The summed E-state index contributed by atoms with van der Waals surface area (Å²) >= 11 is 0. The fourth-order valence-corrected chi connectivity index (χ4v) is 3.36. The molecule has 3 rings (SSSR count). The normalized spacial score (nSPS) is 26.4. The van der Waals surface area contributed by atoms with Crippen molar-refractivity contribution in [2.75, 3.05) is 13.1 Å². The van der Waals surface area contributed by atoms with Crippen molar-refractivity contribution in [3.63, 3.8) is 0 Å². The zero-order valence-corrected chi connectivity index (χ0v) is 11.5. The van der Waals surface area contributed by atoms with Gasteiger partial charge in [0.15, 0.2) is 0 Å². The molecule has 1 N–H and O–H groups in total. The van der Waals surface area contributed by atoms with E-state index in [-0.39, 0.29) is 17.7 Å². The third kappa shape index (κ3) is 2.57. The highest BCUT2D eigenvalue weighted by molar-refractivity contribution is 5.71. The van der Waals surface area contributed by atoms with Crippen LogP contribution in [0.1, 0.15) is 42.7 Å². The Hall–Kier alpha value is -1.42. The number of rotatable bonds is 4. The van der Waals surface area contributed by atoms with Crippen LogP contribution in [0.2, 0.25) is 0 Å². The second-order valence-electron chi connectivity index (χ2n) is 5.99. The lowest BCUT2D eigenvalue weighted by molar-refractivity contribution is -0.145. The van der Waals surface area contributed by atoms with E-state index in [1.54, 1.807) is 6.07 Å². The van der Waals surface area contributed by atoms with Crippen molar-refractivity contribution in [3.05, 3.63) is 35.1 Å². The van der Waals surface area contributed by atoms with Crippen LogP contribution in [0.25, 0.3) is 0 Å². The summed E-state index contributed by atoms with van der Waals surface area (Å²) < 4.78 is 14.1. The quantitative estimate of drug-likeness (QED) is 0.919. The van der Waals surface area contributed by atoms with Gasteiger partial charge < -0.3 is 5.11 Å². The number of benzene rings is 1. The summed E-state index contributed by atoms with van der Waals surface area (Å²) in [7, 11) is 0. The molecular formula is C16H20FNO2. The predicted molar refractivity (Wildman–Crippen MR) is 74.0 cm³/mol. The molecule has 1 aromatic carbocycles. The van der Waals surface area contributed by atoms with Gasteiger partial charge in [-0.2, -0.15) is 0 Å². The minimum absolute atomic E-state index is 0.145. The molecule has 1 aliphatic heterocycles. The number of hydrogen-bond acceptors (Lipinski definition) is 2. The van der Waals surface area contributed by atoms with E-state index in [4.69, 9.17) is 5.11 Å². The molecular weight excluding hydrogens is 257 g/mol. The first kappa shape index (κ1) is 13.6. The Balaban J connectivity index is 1.76. The molecule has 1 aliphatic carbocycles. The van der Waals surface area contributed by atoms with Crippen LogP contribution in [0.4, 0.5) is 4.39 Å². The zero-order chi connectivity index (χ0) is 14.1. The van der Waals surface area contributed by atoms with E-state index in [1.807, 2.05) is 6.07 Å². The molecule has 1 heterocycles. The van der Waals surface area contributed by atoms with Gasteiger partial charge in [-0.1, -0.05) is 12.1 Å². The van der Waals surface area contributed by atoms with Crippen molar-refractivity contribution in [1.82, 2.24) is 4.90 Å². The molecule has 20 heavy (non-hydrogen) atoms.